The molecule has 9 nitrogen and oxygen atoms in total. The number of carbonyl (C=O) groups excluding carboxylic acids is 3. The molecule has 0 saturated carbocycles. The van der Waals surface area contributed by atoms with Crippen molar-refractivity contribution in [3.05, 3.63) is 112 Å². The number of hydrogen-bond acceptors (Lipinski definition) is 5. The van der Waals surface area contributed by atoms with Gasteiger partial charge in [-0.2, -0.15) is 0 Å². The number of carboxylic acid groups (broad SMARTS) is 1. The summed E-state index contributed by atoms with van der Waals surface area (Å²) in [6, 6.07) is 23.3. The van der Waals surface area contributed by atoms with E-state index in [1.54, 1.807) is 53.4 Å². The Balaban J connectivity index is 1.26. The maximum atomic E-state index is 14.0. The number of nitrogens with one attached hydrogen (secondary N) is 2. The van der Waals surface area contributed by atoms with Gasteiger partial charge in [0.25, 0.3) is 5.91 Å². The van der Waals surface area contributed by atoms with E-state index in [1.165, 1.54) is 6.07 Å². The number of likely N-dealkylation sites (tertiary alicyclic amines) is 1. The number of halogens is 1. The zero-order valence-electron chi connectivity index (χ0n) is 22.3. The zero-order valence-corrected chi connectivity index (χ0v) is 23.1. The summed E-state index contributed by atoms with van der Waals surface area (Å²) in [5.74, 6) is -1.77. The van der Waals surface area contributed by atoms with E-state index >= 15 is 0 Å². The Labute approximate surface area is 246 Å². The van der Waals surface area contributed by atoms with Gasteiger partial charge < -0.3 is 20.1 Å². The molecule has 1 fully saturated rings. The van der Waals surface area contributed by atoms with Crippen molar-refractivity contribution in [3.8, 4) is 0 Å². The van der Waals surface area contributed by atoms with Crippen molar-refractivity contribution < 1.29 is 29.0 Å². The Bertz CT molecular complexity index is 1740. The van der Waals surface area contributed by atoms with Crippen molar-refractivity contribution >= 4 is 51.9 Å². The highest BCUT2D eigenvalue weighted by Crippen LogP contribution is 2.44. The van der Waals surface area contributed by atoms with E-state index in [2.05, 4.69) is 10.6 Å². The first-order chi connectivity index (χ1) is 20.2. The first kappa shape index (κ1) is 27.3. The van der Waals surface area contributed by atoms with E-state index in [-0.39, 0.29) is 24.4 Å². The molecule has 2 aliphatic heterocycles. The molecular weight excluding hydrogens is 558 g/mol. The summed E-state index contributed by atoms with van der Waals surface area (Å²) in [5, 5.41) is 16.7. The smallest absolute Gasteiger partial charge is 0.412 e. The fraction of sp³-hybridized carbons (Fsp3) is 0.188. The maximum Gasteiger partial charge on any atom is 0.412 e. The lowest BCUT2D eigenvalue weighted by molar-refractivity contribution is -0.133. The second-order valence-corrected chi connectivity index (χ2v) is 10.9. The fourth-order valence-corrected chi connectivity index (χ4v) is 5.85. The molecule has 2 atom stereocenters. The predicted octanol–water partition coefficient (Wildman–Crippen LogP) is 5.22. The highest BCUT2D eigenvalue weighted by atomic mass is 35.5. The molecule has 0 radical (unpaired) electrons. The van der Waals surface area contributed by atoms with Crippen LogP contribution in [0.4, 0.5) is 10.5 Å². The number of carboxylic acids is 1. The van der Waals surface area contributed by atoms with E-state index in [1.807, 2.05) is 30.3 Å². The Kier molecular flexibility index (Phi) is 7.04. The van der Waals surface area contributed by atoms with Crippen molar-refractivity contribution in [3.63, 3.8) is 0 Å². The molecule has 42 heavy (non-hydrogen) atoms. The van der Waals surface area contributed by atoms with Crippen LogP contribution in [0.25, 0.3) is 10.8 Å². The summed E-state index contributed by atoms with van der Waals surface area (Å²) in [6.45, 7) is 0.441. The van der Waals surface area contributed by atoms with Crippen LogP contribution in [-0.4, -0.2) is 53.0 Å². The molecule has 10 heteroatoms. The molecule has 4 aromatic rings. The first-order valence-corrected chi connectivity index (χ1v) is 13.8. The number of benzene rings is 4. The average molecular weight is 584 g/mol. The molecule has 4 aromatic carbocycles. The van der Waals surface area contributed by atoms with Crippen LogP contribution in [0.2, 0.25) is 5.02 Å². The van der Waals surface area contributed by atoms with E-state index in [9.17, 15) is 24.3 Å². The summed E-state index contributed by atoms with van der Waals surface area (Å²) in [5.41, 5.74) is 1.61. The van der Waals surface area contributed by atoms with Crippen molar-refractivity contribution in [1.29, 1.82) is 0 Å². The number of hydrogen-bond donors (Lipinski definition) is 3. The van der Waals surface area contributed by atoms with Gasteiger partial charge in [-0.3, -0.25) is 14.9 Å². The lowest BCUT2D eigenvalue weighted by Crippen LogP contribution is -2.50. The van der Waals surface area contributed by atoms with Gasteiger partial charge in [-0.15, -0.1) is 0 Å². The van der Waals surface area contributed by atoms with Gasteiger partial charge in [-0.05, 0) is 58.8 Å². The summed E-state index contributed by atoms with van der Waals surface area (Å²) in [4.78, 5) is 52.8. The minimum atomic E-state index is -1.05. The number of anilines is 1. The Morgan fingerprint density at radius 1 is 0.976 bits per heavy atom. The molecule has 6 rings (SSSR count). The van der Waals surface area contributed by atoms with Crippen LogP contribution in [0.15, 0.2) is 84.9 Å². The number of nitrogens with zero attached hydrogens (tertiary/aromatic N) is 1. The molecule has 1 saturated heterocycles. The normalized spacial score (nSPS) is 18.2. The molecule has 0 aromatic heterocycles. The lowest BCUT2D eigenvalue weighted by Gasteiger charge is -2.35. The van der Waals surface area contributed by atoms with Gasteiger partial charge in [-0.1, -0.05) is 54.1 Å². The number of amides is 3. The quantitative estimate of drug-likeness (QED) is 0.286. The van der Waals surface area contributed by atoms with Gasteiger partial charge in [0, 0.05) is 35.5 Å². The van der Waals surface area contributed by atoms with Crippen molar-refractivity contribution in [1.82, 2.24) is 10.2 Å². The minimum absolute atomic E-state index is 0.121. The molecule has 2 aliphatic rings. The third kappa shape index (κ3) is 5.26. The van der Waals surface area contributed by atoms with Crippen LogP contribution in [-0.2, 0) is 21.6 Å². The highest BCUT2D eigenvalue weighted by molar-refractivity contribution is 6.30. The van der Waals surface area contributed by atoms with Gasteiger partial charge in [0.1, 0.15) is 6.04 Å². The number of ether oxygens (including phenoxy) is 1. The average Bonchev–Trinajstić information content (AvgIpc) is 3.40. The van der Waals surface area contributed by atoms with Gasteiger partial charge in [0.2, 0.25) is 5.91 Å². The zero-order chi connectivity index (χ0) is 29.4. The van der Waals surface area contributed by atoms with Crippen molar-refractivity contribution in [2.45, 2.75) is 24.5 Å². The van der Waals surface area contributed by atoms with E-state index < -0.39 is 29.6 Å². The topological polar surface area (TPSA) is 125 Å². The highest BCUT2D eigenvalue weighted by Gasteiger charge is 2.49. The van der Waals surface area contributed by atoms with Gasteiger partial charge >= 0.3 is 12.1 Å². The monoisotopic (exact) mass is 583 g/mol. The second kappa shape index (κ2) is 10.8. The number of carbonyl (C=O) groups is 4. The number of rotatable bonds is 6. The van der Waals surface area contributed by atoms with Crippen LogP contribution in [0.1, 0.15) is 38.3 Å². The molecule has 2 heterocycles. The molecule has 3 amide bonds. The summed E-state index contributed by atoms with van der Waals surface area (Å²) < 4.78 is 5.78. The van der Waals surface area contributed by atoms with Crippen molar-refractivity contribution in [2.24, 2.45) is 0 Å². The van der Waals surface area contributed by atoms with Crippen molar-refractivity contribution in [2.75, 3.05) is 18.4 Å². The molecule has 1 unspecified atom stereocenters. The van der Waals surface area contributed by atoms with E-state index in [0.717, 1.165) is 5.56 Å². The van der Waals surface area contributed by atoms with Gasteiger partial charge in [-0.25, -0.2) is 9.59 Å². The van der Waals surface area contributed by atoms with Gasteiger partial charge in [0.05, 0.1) is 17.8 Å². The third-order valence-corrected chi connectivity index (χ3v) is 8.01. The Hall–Kier alpha value is -4.89. The Morgan fingerprint density at radius 2 is 1.69 bits per heavy atom. The molecule has 212 valence electrons. The van der Waals surface area contributed by atoms with Crippen LogP contribution >= 0.6 is 11.6 Å². The molecule has 1 spiro atoms. The lowest BCUT2D eigenvalue weighted by atomic mass is 9.90. The van der Waals surface area contributed by atoms with Crippen LogP contribution < -0.4 is 10.6 Å². The minimum Gasteiger partial charge on any atom is -0.478 e. The first-order valence-electron chi connectivity index (χ1n) is 13.4. The van der Waals surface area contributed by atoms with E-state index in [0.29, 0.717) is 45.6 Å². The largest absolute Gasteiger partial charge is 0.478 e. The molecule has 3 N–H and O–H groups in total. The van der Waals surface area contributed by atoms with Crippen LogP contribution in [0.5, 0.6) is 0 Å². The standard InChI is InChI=1S/C32H26ClN3O6/c33-24-10-11-26-25(17-24)32(42-31(41)35-26)12-13-36(18-32)29(38)27(14-19-4-2-1-3-5-19)34-28(37)22-8-6-21-16-23(30(39)40)9-7-20(21)15-22/h1-11,15-17,27H,12-14,18H2,(H,34,37)(H,35,41)(H,39,40)/t27-,32?/m0/s1. The Morgan fingerprint density at radius 3 is 2.43 bits per heavy atom. The van der Waals surface area contributed by atoms with Crippen LogP contribution in [0, 0.1) is 0 Å². The summed E-state index contributed by atoms with van der Waals surface area (Å²) in [6.07, 6.45) is 0.0444. The number of aromatic carboxylic acids is 1. The molecule has 0 bridgehead atoms. The number of fused-ring (bicyclic) bond motifs is 3. The molecule has 0 aliphatic carbocycles. The summed E-state index contributed by atoms with van der Waals surface area (Å²) in [7, 11) is 0. The predicted molar refractivity (Wildman–Crippen MR) is 157 cm³/mol. The van der Waals surface area contributed by atoms with E-state index in [4.69, 9.17) is 16.3 Å². The maximum absolute atomic E-state index is 14.0. The van der Waals surface area contributed by atoms with Gasteiger partial charge in [0.15, 0.2) is 5.60 Å². The molecular formula is C32H26ClN3O6. The summed E-state index contributed by atoms with van der Waals surface area (Å²) >= 11 is 6.27. The third-order valence-electron chi connectivity index (χ3n) is 7.78. The SMILES string of the molecule is O=C1Nc2ccc(Cl)cc2C2(CCN(C(=O)[C@H](Cc3ccccc3)NC(=O)c3ccc4cc(C(=O)O)ccc4c3)C2)O1. The fourth-order valence-electron chi connectivity index (χ4n) is 5.68. The van der Waals surface area contributed by atoms with Crippen LogP contribution in [0.3, 0.4) is 0 Å². The second-order valence-electron chi connectivity index (χ2n) is 10.5.